The second-order valence-corrected chi connectivity index (χ2v) is 23.1. The van der Waals surface area contributed by atoms with E-state index in [2.05, 4.69) is 160 Å². The average molecular weight is 1130 g/mol. The van der Waals surface area contributed by atoms with E-state index in [4.69, 9.17) is 18.5 Å². The third-order valence-corrected chi connectivity index (χ3v) is 13.8. The van der Waals surface area contributed by atoms with Crippen molar-refractivity contribution in [2.45, 2.75) is 238 Å². The van der Waals surface area contributed by atoms with Gasteiger partial charge in [0.2, 0.25) is 0 Å². The van der Waals surface area contributed by atoms with E-state index in [9.17, 15) is 19.0 Å². The van der Waals surface area contributed by atoms with Crippen LogP contribution in [0.15, 0.2) is 146 Å². The number of phosphoric ester groups is 1. The number of unbranched alkanes of at least 4 members (excludes halogenated alkanes) is 18. The van der Waals surface area contributed by atoms with Crippen LogP contribution in [-0.4, -0.2) is 70.0 Å². The average Bonchev–Trinajstić information content (AvgIpc) is 3.42. The number of nitrogens with zero attached hydrogens (tertiary/aromatic N) is 1. The summed E-state index contributed by atoms with van der Waals surface area (Å²) in [6.45, 7) is 3.97. The predicted octanol–water partition coefficient (Wildman–Crippen LogP) is 19.6. The zero-order valence-corrected chi connectivity index (χ0v) is 52.4. The minimum atomic E-state index is -4.66. The maximum Gasteiger partial charge on any atom is 0.306 e. The second kappa shape index (κ2) is 59.5. The van der Waals surface area contributed by atoms with Crippen LogP contribution in [0.1, 0.15) is 232 Å². The zero-order valence-electron chi connectivity index (χ0n) is 51.5. The Bertz CT molecular complexity index is 1860. The molecule has 0 saturated carbocycles. The highest BCUT2D eigenvalue weighted by molar-refractivity contribution is 7.45. The number of hydrogen-bond donors (Lipinski definition) is 0. The van der Waals surface area contributed by atoms with Gasteiger partial charge in [-0.05, 0) is 116 Å². The van der Waals surface area contributed by atoms with Crippen molar-refractivity contribution in [2.24, 2.45) is 0 Å². The number of carbonyl (C=O) groups is 2. The summed E-state index contributed by atoms with van der Waals surface area (Å²) in [5.41, 5.74) is 0. The van der Waals surface area contributed by atoms with Gasteiger partial charge in [0, 0.05) is 12.8 Å². The van der Waals surface area contributed by atoms with Crippen molar-refractivity contribution in [3.8, 4) is 0 Å². The SMILES string of the molecule is CC/C=C\C/C=C\C/C=C\C/C=C\C/C=C\C/C=C\CCCCCCCCCCCCCCCCC(=O)OC(COC(=O)CCCCCC/C=C\C/C=C\C/C=C\C/C=C\C/C=C\C/C=C\CC)COP(=O)([O-])OCC[N+](C)(C)C. The number of rotatable bonds is 56. The van der Waals surface area contributed by atoms with Crippen LogP contribution in [0.5, 0.6) is 0 Å². The molecule has 80 heavy (non-hydrogen) atoms. The van der Waals surface area contributed by atoms with Crippen molar-refractivity contribution in [3.05, 3.63) is 146 Å². The summed E-state index contributed by atoms with van der Waals surface area (Å²) < 4.78 is 34.2. The summed E-state index contributed by atoms with van der Waals surface area (Å²) in [6, 6.07) is 0. The summed E-state index contributed by atoms with van der Waals surface area (Å²) >= 11 is 0. The molecule has 0 N–H and O–H groups in total. The first-order valence-electron chi connectivity index (χ1n) is 31.5. The number of quaternary nitrogens is 1. The highest BCUT2D eigenvalue weighted by atomic mass is 31.2. The Balaban J connectivity index is 4.17. The van der Waals surface area contributed by atoms with Crippen LogP contribution in [0.25, 0.3) is 0 Å². The molecule has 0 rings (SSSR count). The summed E-state index contributed by atoms with van der Waals surface area (Å²) in [7, 11) is 1.13. The largest absolute Gasteiger partial charge is 0.756 e. The van der Waals surface area contributed by atoms with E-state index in [1.54, 1.807) is 0 Å². The lowest BCUT2D eigenvalue weighted by Gasteiger charge is -2.28. The fourth-order valence-corrected chi connectivity index (χ4v) is 8.80. The van der Waals surface area contributed by atoms with Crippen LogP contribution in [0.2, 0.25) is 0 Å². The molecule has 0 aromatic carbocycles. The van der Waals surface area contributed by atoms with Gasteiger partial charge < -0.3 is 27.9 Å². The second-order valence-electron chi connectivity index (χ2n) is 21.7. The maximum atomic E-state index is 12.8. The van der Waals surface area contributed by atoms with Crippen molar-refractivity contribution in [2.75, 3.05) is 47.5 Å². The highest BCUT2D eigenvalue weighted by Gasteiger charge is 2.22. The van der Waals surface area contributed by atoms with Gasteiger partial charge in [-0.1, -0.05) is 250 Å². The monoisotopic (exact) mass is 1130 g/mol. The van der Waals surface area contributed by atoms with Gasteiger partial charge in [0.05, 0.1) is 27.7 Å². The van der Waals surface area contributed by atoms with Crippen LogP contribution in [-0.2, 0) is 32.7 Å². The Labute approximate surface area is 491 Å². The summed E-state index contributed by atoms with van der Waals surface area (Å²) in [4.78, 5) is 38.0. The van der Waals surface area contributed by atoms with E-state index in [1.165, 1.54) is 70.6 Å². The molecule has 0 fully saturated rings. The van der Waals surface area contributed by atoms with Crippen LogP contribution in [0.4, 0.5) is 0 Å². The van der Waals surface area contributed by atoms with Gasteiger partial charge in [-0.3, -0.25) is 14.2 Å². The number of esters is 2. The van der Waals surface area contributed by atoms with Crippen molar-refractivity contribution in [1.29, 1.82) is 0 Å². The lowest BCUT2D eigenvalue weighted by molar-refractivity contribution is -0.870. The Hall–Kier alpha value is -4.11. The van der Waals surface area contributed by atoms with E-state index in [1.807, 2.05) is 21.1 Å². The Morgan fingerprint density at radius 2 is 0.675 bits per heavy atom. The molecule has 2 atom stereocenters. The first-order chi connectivity index (χ1) is 39.0. The Morgan fingerprint density at radius 3 is 1.00 bits per heavy atom. The van der Waals surface area contributed by atoms with E-state index in [-0.39, 0.29) is 26.1 Å². The molecule has 0 radical (unpaired) electrons. The molecule has 0 aromatic heterocycles. The van der Waals surface area contributed by atoms with Gasteiger partial charge in [0.25, 0.3) is 7.82 Å². The number of carbonyl (C=O) groups excluding carboxylic acids is 2. The molecular weight excluding hydrogens is 1010 g/mol. The fraction of sp³-hybridized carbons (Fsp3) is 0.629. The molecule has 0 aliphatic carbocycles. The van der Waals surface area contributed by atoms with Gasteiger partial charge in [-0.2, -0.15) is 0 Å². The lowest BCUT2D eigenvalue weighted by atomic mass is 10.0. The van der Waals surface area contributed by atoms with Crippen LogP contribution < -0.4 is 4.89 Å². The molecular formula is C70H116NO8P. The van der Waals surface area contributed by atoms with E-state index < -0.39 is 32.5 Å². The topological polar surface area (TPSA) is 111 Å². The fourth-order valence-electron chi connectivity index (χ4n) is 8.07. The van der Waals surface area contributed by atoms with Crippen LogP contribution >= 0.6 is 7.82 Å². The van der Waals surface area contributed by atoms with E-state index in [0.717, 1.165) is 122 Å². The first-order valence-corrected chi connectivity index (χ1v) is 33.0. The van der Waals surface area contributed by atoms with Crippen molar-refractivity contribution >= 4 is 19.8 Å². The molecule has 9 nitrogen and oxygen atoms in total. The molecule has 0 heterocycles. The smallest absolute Gasteiger partial charge is 0.306 e. The molecule has 0 aliphatic heterocycles. The molecule has 0 aliphatic rings. The normalized spacial score (nSPS) is 14.2. The zero-order chi connectivity index (χ0) is 58.4. The minimum Gasteiger partial charge on any atom is -0.756 e. The highest BCUT2D eigenvalue weighted by Crippen LogP contribution is 2.38. The molecule has 0 spiro atoms. The summed E-state index contributed by atoms with van der Waals surface area (Å²) in [5.74, 6) is -0.871. The third-order valence-electron chi connectivity index (χ3n) is 12.9. The quantitative estimate of drug-likeness (QED) is 0.0195. The molecule has 0 aromatic rings. The van der Waals surface area contributed by atoms with Gasteiger partial charge in [0.1, 0.15) is 19.8 Å². The number of allylic oxidation sites excluding steroid dienone is 24. The van der Waals surface area contributed by atoms with Gasteiger partial charge >= 0.3 is 11.9 Å². The molecule has 2 unspecified atom stereocenters. The van der Waals surface area contributed by atoms with E-state index >= 15 is 0 Å². The molecule has 0 saturated heterocycles. The van der Waals surface area contributed by atoms with Crippen molar-refractivity contribution in [1.82, 2.24) is 0 Å². The third kappa shape index (κ3) is 63.1. The van der Waals surface area contributed by atoms with Gasteiger partial charge in [-0.15, -0.1) is 0 Å². The van der Waals surface area contributed by atoms with Crippen LogP contribution in [0, 0.1) is 0 Å². The standard InChI is InChI=1S/C70H116NO8P/c1-6-8-10-12-14-16-18-20-22-24-26-28-30-31-32-33-34-35-36-37-38-39-41-43-45-47-49-51-53-55-57-59-61-63-70(73)79-68(67-78-80(74,75)77-65-64-71(3,4)5)66-76-69(72)62-60-58-56-54-52-50-48-46-44-42-40-29-27-25-23-21-19-17-15-13-11-9-7-2/h8-11,14-17,20-23,26-29,31-32,34-35,42,44,48,50,68H,6-7,12-13,18-19,24-25,30,33,36-41,43,45-47,49,51-67H2,1-5H3/b10-8-,11-9-,16-14-,17-15-,22-20-,23-21-,28-26-,29-27-,32-31-,35-34-,44-42-,50-48-. The predicted molar refractivity (Wildman–Crippen MR) is 341 cm³/mol. The lowest BCUT2D eigenvalue weighted by Crippen LogP contribution is -2.37. The summed E-state index contributed by atoms with van der Waals surface area (Å²) in [5, 5.41) is 0. The van der Waals surface area contributed by atoms with Gasteiger partial charge in [-0.25, -0.2) is 0 Å². The van der Waals surface area contributed by atoms with Crippen molar-refractivity contribution < 1.29 is 42.1 Å². The van der Waals surface area contributed by atoms with E-state index in [0.29, 0.717) is 23.9 Å². The van der Waals surface area contributed by atoms with Crippen molar-refractivity contribution in [3.63, 3.8) is 0 Å². The number of phosphoric acid groups is 1. The number of likely N-dealkylation sites (N-methyl/N-ethyl adjacent to an activating group) is 1. The molecule has 454 valence electrons. The molecule has 10 heteroatoms. The number of hydrogen-bond acceptors (Lipinski definition) is 8. The Morgan fingerprint density at radius 1 is 0.388 bits per heavy atom. The first kappa shape index (κ1) is 75.9. The summed E-state index contributed by atoms with van der Waals surface area (Å²) in [6.07, 6.45) is 87.6. The van der Waals surface area contributed by atoms with Crippen LogP contribution in [0.3, 0.4) is 0 Å². The minimum absolute atomic E-state index is 0.0428. The maximum absolute atomic E-state index is 12.8. The van der Waals surface area contributed by atoms with Gasteiger partial charge in [0.15, 0.2) is 6.10 Å². The molecule has 0 bridgehead atoms. The Kier molecular flexibility index (Phi) is 56.5. The number of ether oxygens (including phenoxy) is 2. The molecule has 0 amide bonds.